The second-order valence-corrected chi connectivity index (χ2v) is 9.44. The number of carboxylic acids is 4. The largest absolute Gasteiger partial charge is 0.492 e. The summed E-state index contributed by atoms with van der Waals surface area (Å²) in [6, 6.07) is 6.22. The number of rotatable bonds is 13. The van der Waals surface area contributed by atoms with E-state index in [1.54, 1.807) is 0 Å². The Bertz CT molecular complexity index is 837. The Balaban J connectivity index is 0.000000355. The van der Waals surface area contributed by atoms with Crippen LogP contribution in [0, 0.1) is 11.8 Å². The van der Waals surface area contributed by atoms with Crippen LogP contribution in [0.3, 0.4) is 0 Å². The van der Waals surface area contributed by atoms with Crippen LogP contribution in [0.25, 0.3) is 0 Å². The predicted octanol–water partition coefficient (Wildman–Crippen LogP) is 2.82. The molecule has 12 heteroatoms. The highest BCUT2D eigenvalue weighted by Gasteiger charge is 2.23. The fourth-order valence-electron chi connectivity index (χ4n) is 3.33. The van der Waals surface area contributed by atoms with E-state index in [9.17, 15) is 19.2 Å². The molecule has 1 saturated carbocycles. The summed E-state index contributed by atoms with van der Waals surface area (Å²) in [6.45, 7) is 5.04. The highest BCUT2D eigenvalue weighted by Crippen LogP contribution is 2.32. The van der Waals surface area contributed by atoms with Crippen molar-refractivity contribution in [2.24, 2.45) is 17.6 Å². The van der Waals surface area contributed by atoms with Crippen molar-refractivity contribution in [1.29, 1.82) is 0 Å². The average molecular weight is 545 g/mol. The van der Waals surface area contributed by atoms with Gasteiger partial charge in [0.2, 0.25) is 0 Å². The number of halogens is 1. The lowest BCUT2D eigenvalue weighted by atomic mass is 10.1. The van der Waals surface area contributed by atoms with Crippen molar-refractivity contribution in [2.75, 3.05) is 32.8 Å². The maximum Gasteiger partial charge on any atom is 0.303 e. The van der Waals surface area contributed by atoms with Crippen molar-refractivity contribution >= 4 is 35.5 Å². The Morgan fingerprint density at radius 1 is 0.892 bits per heavy atom. The van der Waals surface area contributed by atoms with E-state index in [1.807, 2.05) is 6.07 Å². The van der Waals surface area contributed by atoms with Crippen LogP contribution >= 0.6 is 11.6 Å². The molecule has 0 amide bonds. The van der Waals surface area contributed by atoms with Crippen LogP contribution in [-0.4, -0.2) is 82.0 Å². The van der Waals surface area contributed by atoms with Crippen LogP contribution in [0.4, 0.5) is 0 Å². The van der Waals surface area contributed by atoms with Gasteiger partial charge in [-0.05, 0) is 68.3 Å². The van der Waals surface area contributed by atoms with Gasteiger partial charge in [-0.3, -0.25) is 19.2 Å². The van der Waals surface area contributed by atoms with E-state index in [1.165, 1.54) is 31.4 Å². The standard InChI is InChI=1S/C17H25ClN2O.2C4H6O4/c18-16-9-13(3-4-17(16)21-12-14-1-2-14)5-7-20-8-6-15(10-19)11-20;2*5-3(6)1-2-4(7)8/h3-4,9,14-15H,1-2,5-8,10-12,19H2;2*1-2H2,(H,5,6)(H,7,8)/t15-;;/m0../s1. The molecule has 1 aromatic carbocycles. The Kier molecular flexibility index (Phi) is 15.2. The van der Waals surface area contributed by atoms with Gasteiger partial charge in [0.15, 0.2) is 0 Å². The van der Waals surface area contributed by atoms with Crippen LogP contribution in [0.15, 0.2) is 18.2 Å². The van der Waals surface area contributed by atoms with Gasteiger partial charge in [0.1, 0.15) is 5.75 Å². The van der Waals surface area contributed by atoms with Gasteiger partial charge in [-0.25, -0.2) is 0 Å². The minimum absolute atomic E-state index is 0.296. The van der Waals surface area contributed by atoms with E-state index >= 15 is 0 Å². The molecule has 1 heterocycles. The third-order valence-corrected chi connectivity index (χ3v) is 5.99. The Morgan fingerprint density at radius 2 is 1.43 bits per heavy atom. The lowest BCUT2D eigenvalue weighted by Crippen LogP contribution is -2.25. The van der Waals surface area contributed by atoms with Gasteiger partial charge < -0.3 is 35.8 Å². The van der Waals surface area contributed by atoms with Crippen molar-refractivity contribution in [3.8, 4) is 5.75 Å². The first-order valence-corrected chi connectivity index (χ1v) is 12.6. The zero-order valence-corrected chi connectivity index (χ0v) is 21.6. The van der Waals surface area contributed by atoms with Crippen molar-refractivity contribution in [3.05, 3.63) is 28.8 Å². The monoisotopic (exact) mass is 544 g/mol. The van der Waals surface area contributed by atoms with E-state index in [4.69, 9.17) is 42.5 Å². The van der Waals surface area contributed by atoms with E-state index in [0.29, 0.717) is 5.92 Å². The molecule has 2 fully saturated rings. The maximum absolute atomic E-state index is 9.64. The highest BCUT2D eigenvalue weighted by atomic mass is 35.5. The minimum atomic E-state index is -1.08. The third kappa shape index (κ3) is 16.5. The van der Waals surface area contributed by atoms with E-state index in [-0.39, 0.29) is 25.7 Å². The lowest BCUT2D eigenvalue weighted by Gasteiger charge is -2.16. The van der Waals surface area contributed by atoms with Crippen molar-refractivity contribution in [2.45, 2.75) is 51.4 Å². The molecule has 1 aromatic rings. The molecule has 208 valence electrons. The number of benzene rings is 1. The molecular weight excluding hydrogens is 508 g/mol. The fourth-order valence-corrected chi connectivity index (χ4v) is 3.59. The zero-order valence-electron chi connectivity index (χ0n) is 20.8. The SMILES string of the molecule is NC[C@@H]1CCN(CCc2ccc(OCC3CC3)c(Cl)c2)C1.O=C(O)CCC(=O)O.O=C(O)CCC(=O)O. The molecule has 1 aliphatic heterocycles. The molecule has 37 heavy (non-hydrogen) atoms. The molecule has 0 bridgehead atoms. The number of ether oxygens (including phenoxy) is 1. The molecule has 0 radical (unpaired) electrons. The summed E-state index contributed by atoms with van der Waals surface area (Å²) in [5.41, 5.74) is 7.02. The molecule has 0 unspecified atom stereocenters. The van der Waals surface area contributed by atoms with Crippen molar-refractivity contribution in [3.63, 3.8) is 0 Å². The van der Waals surface area contributed by atoms with Gasteiger partial charge in [0, 0.05) is 13.1 Å². The summed E-state index contributed by atoms with van der Waals surface area (Å²) in [5, 5.41) is 32.3. The van der Waals surface area contributed by atoms with Crippen LogP contribution in [0.2, 0.25) is 5.02 Å². The molecule has 6 N–H and O–H groups in total. The molecule has 0 spiro atoms. The van der Waals surface area contributed by atoms with Gasteiger partial charge in [-0.15, -0.1) is 0 Å². The van der Waals surface area contributed by atoms with Crippen LogP contribution in [0.1, 0.15) is 50.5 Å². The molecule has 2 aliphatic rings. The minimum Gasteiger partial charge on any atom is -0.492 e. The van der Waals surface area contributed by atoms with Crippen LogP contribution in [-0.2, 0) is 25.6 Å². The van der Waals surface area contributed by atoms with Crippen molar-refractivity contribution < 1.29 is 44.3 Å². The van der Waals surface area contributed by atoms with Gasteiger partial charge in [0.05, 0.1) is 37.3 Å². The summed E-state index contributed by atoms with van der Waals surface area (Å²) in [5.74, 6) is -2.03. The second kappa shape index (κ2) is 17.5. The smallest absolute Gasteiger partial charge is 0.303 e. The molecule has 3 rings (SSSR count). The van der Waals surface area contributed by atoms with E-state index in [0.717, 1.165) is 49.4 Å². The normalized spacial score (nSPS) is 16.5. The first-order valence-electron chi connectivity index (χ1n) is 12.2. The number of nitrogens with zero attached hydrogens (tertiary/aromatic N) is 1. The number of carboxylic acid groups (broad SMARTS) is 4. The number of likely N-dealkylation sites (tertiary alicyclic amines) is 1. The number of nitrogens with two attached hydrogens (primary N) is 1. The van der Waals surface area contributed by atoms with Gasteiger partial charge in [-0.2, -0.15) is 0 Å². The topological polar surface area (TPSA) is 188 Å². The van der Waals surface area contributed by atoms with Gasteiger partial charge in [0.25, 0.3) is 0 Å². The summed E-state index contributed by atoms with van der Waals surface area (Å²) in [7, 11) is 0. The summed E-state index contributed by atoms with van der Waals surface area (Å²) >= 11 is 6.32. The molecule has 1 atom stereocenters. The first-order chi connectivity index (χ1) is 17.5. The lowest BCUT2D eigenvalue weighted by molar-refractivity contribution is -0.143. The number of hydrogen-bond acceptors (Lipinski definition) is 7. The predicted molar refractivity (Wildman–Crippen MR) is 136 cm³/mol. The molecular formula is C25H37ClN2O9. The second-order valence-electron chi connectivity index (χ2n) is 9.04. The fraction of sp³-hybridized carbons (Fsp3) is 0.600. The Labute approximate surface area is 221 Å². The molecule has 11 nitrogen and oxygen atoms in total. The highest BCUT2D eigenvalue weighted by molar-refractivity contribution is 6.32. The molecule has 0 aromatic heterocycles. The number of aliphatic carboxylic acids is 4. The zero-order chi connectivity index (χ0) is 27.8. The van der Waals surface area contributed by atoms with Crippen LogP contribution in [0.5, 0.6) is 5.75 Å². The third-order valence-electron chi connectivity index (χ3n) is 5.69. The quantitative estimate of drug-likeness (QED) is 0.245. The van der Waals surface area contributed by atoms with Gasteiger partial charge >= 0.3 is 23.9 Å². The summed E-state index contributed by atoms with van der Waals surface area (Å²) < 4.78 is 5.77. The summed E-state index contributed by atoms with van der Waals surface area (Å²) in [4.78, 5) is 41.1. The molecule has 1 aliphatic carbocycles. The summed E-state index contributed by atoms with van der Waals surface area (Å²) in [6.07, 6.45) is 3.70. The Hall–Kier alpha value is -2.89. The first kappa shape index (κ1) is 32.1. The van der Waals surface area contributed by atoms with Crippen molar-refractivity contribution in [1.82, 2.24) is 4.90 Å². The van der Waals surface area contributed by atoms with E-state index in [2.05, 4.69) is 17.0 Å². The van der Waals surface area contributed by atoms with E-state index < -0.39 is 23.9 Å². The average Bonchev–Trinajstić information content (AvgIpc) is 3.55. The number of carbonyl (C=O) groups is 4. The maximum atomic E-state index is 9.64. The molecule has 1 saturated heterocycles. The number of hydrogen-bond donors (Lipinski definition) is 5. The van der Waals surface area contributed by atoms with Gasteiger partial charge in [-0.1, -0.05) is 17.7 Å². The van der Waals surface area contributed by atoms with Crippen LogP contribution < -0.4 is 10.5 Å². The Morgan fingerprint density at radius 3 is 1.84 bits per heavy atom.